The average Bonchev–Trinajstić information content (AvgIpc) is 2.65. The highest BCUT2D eigenvalue weighted by Crippen LogP contribution is 2.47. The molecule has 0 aromatic heterocycles. The van der Waals surface area contributed by atoms with Crippen LogP contribution in [0, 0.1) is 0 Å². The molecule has 0 bridgehead atoms. The molecule has 0 aliphatic heterocycles. The van der Waals surface area contributed by atoms with Crippen molar-refractivity contribution in [1.82, 2.24) is 0 Å². The van der Waals surface area contributed by atoms with E-state index in [1.807, 2.05) is 23.9 Å². The van der Waals surface area contributed by atoms with Crippen molar-refractivity contribution in [3.05, 3.63) is 102 Å². The molecule has 0 radical (unpaired) electrons. The molecule has 3 aromatic rings. The summed E-state index contributed by atoms with van der Waals surface area (Å²) in [6.45, 7) is 0. The molecule has 0 spiro atoms. The third-order valence-electron chi connectivity index (χ3n) is 4.16. The summed E-state index contributed by atoms with van der Waals surface area (Å²) in [5.41, 5.74) is 3.82. The number of rotatable bonds is 5. The van der Waals surface area contributed by atoms with Gasteiger partial charge in [0, 0.05) is 0 Å². The summed E-state index contributed by atoms with van der Waals surface area (Å²) in [5.74, 6) is 0.880. The lowest BCUT2D eigenvalue weighted by Gasteiger charge is -2.34. The van der Waals surface area contributed by atoms with Gasteiger partial charge in [-0.1, -0.05) is 72.8 Å². The molecular weight excluding hydrogens is 300 g/mol. The fraction of sp³-hybridized carbons (Fsp3) is 0.143. The Kier molecular flexibility index (Phi) is 4.73. The first-order valence-corrected chi connectivity index (χ1v) is 8.84. The summed E-state index contributed by atoms with van der Waals surface area (Å²) in [6.07, 6.45) is 2.17. The van der Waals surface area contributed by atoms with Gasteiger partial charge in [0.15, 0.2) is 0 Å². The van der Waals surface area contributed by atoms with E-state index in [1.165, 1.54) is 16.7 Å². The van der Waals surface area contributed by atoms with E-state index >= 15 is 0 Å². The van der Waals surface area contributed by atoms with E-state index < -0.39 is 0 Å². The molecule has 0 unspecified atom stereocenters. The Morgan fingerprint density at radius 2 is 1.09 bits per heavy atom. The van der Waals surface area contributed by atoms with Gasteiger partial charge in [-0.3, -0.25) is 0 Å². The molecule has 0 atom stereocenters. The van der Waals surface area contributed by atoms with E-state index in [0.29, 0.717) is 0 Å². The van der Waals surface area contributed by atoms with Crippen molar-refractivity contribution in [2.45, 2.75) is 4.75 Å². The number of ether oxygens (including phenoxy) is 1. The third-order valence-corrected chi connectivity index (χ3v) is 5.48. The second-order valence-electron chi connectivity index (χ2n) is 5.35. The van der Waals surface area contributed by atoms with Crippen LogP contribution in [0.4, 0.5) is 0 Å². The maximum Gasteiger partial charge on any atom is 0.118 e. The molecule has 3 aromatic carbocycles. The minimum absolute atomic E-state index is 0.227. The summed E-state index contributed by atoms with van der Waals surface area (Å²) >= 11 is 1.85. The molecule has 116 valence electrons. The molecular formula is C21H20OS. The molecule has 23 heavy (non-hydrogen) atoms. The quantitative estimate of drug-likeness (QED) is 0.586. The highest BCUT2D eigenvalue weighted by Gasteiger charge is 2.35. The van der Waals surface area contributed by atoms with Crippen molar-refractivity contribution < 1.29 is 4.74 Å². The van der Waals surface area contributed by atoms with Crippen LogP contribution in [0.25, 0.3) is 0 Å². The lowest BCUT2D eigenvalue weighted by molar-refractivity contribution is 0.414. The van der Waals surface area contributed by atoms with Crippen LogP contribution in [0.1, 0.15) is 16.7 Å². The van der Waals surface area contributed by atoms with Gasteiger partial charge in [-0.15, -0.1) is 11.8 Å². The maximum absolute atomic E-state index is 5.32. The SMILES string of the molecule is COc1ccc(C(SC)(c2ccccc2)c2ccccc2)cc1. The zero-order chi connectivity index (χ0) is 16.1. The van der Waals surface area contributed by atoms with Crippen LogP contribution in [0.2, 0.25) is 0 Å². The molecule has 3 rings (SSSR count). The number of thioether (sulfide) groups is 1. The van der Waals surface area contributed by atoms with Gasteiger partial charge in [-0.05, 0) is 35.1 Å². The fourth-order valence-electron chi connectivity index (χ4n) is 3.03. The number of benzene rings is 3. The van der Waals surface area contributed by atoms with Gasteiger partial charge in [0.25, 0.3) is 0 Å². The first kappa shape index (κ1) is 15.7. The van der Waals surface area contributed by atoms with Crippen LogP contribution in [0.5, 0.6) is 5.75 Å². The zero-order valence-corrected chi connectivity index (χ0v) is 14.2. The highest BCUT2D eigenvalue weighted by atomic mass is 32.2. The van der Waals surface area contributed by atoms with Gasteiger partial charge in [-0.25, -0.2) is 0 Å². The van der Waals surface area contributed by atoms with Gasteiger partial charge < -0.3 is 4.74 Å². The molecule has 2 heteroatoms. The van der Waals surface area contributed by atoms with E-state index in [-0.39, 0.29) is 4.75 Å². The van der Waals surface area contributed by atoms with Crippen LogP contribution < -0.4 is 4.74 Å². The summed E-state index contributed by atoms with van der Waals surface area (Å²) in [5, 5.41) is 0. The van der Waals surface area contributed by atoms with E-state index in [9.17, 15) is 0 Å². The van der Waals surface area contributed by atoms with Crippen molar-refractivity contribution in [1.29, 1.82) is 0 Å². The molecule has 0 saturated heterocycles. The molecule has 0 aliphatic carbocycles. The largest absolute Gasteiger partial charge is 0.497 e. The topological polar surface area (TPSA) is 9.23 Å². The summed E-state index contributed by atoms with van der Waals surface area (Å²) in [6, 6.07) is 29.7. The Hall–Kier alpha value is -2.19. The Labute approximate surface area is 142 Å². The minimum Gasteiger partial charge on any atom is -0.497 e. The highest BCUT2D eigenvalue weighted by molar-refractivity contribution is 8.00. The van der Waals surface area contributed by atoms with Crippen molar-refractivity contribution in [2.24, 2.45) is 0 Å². The molecule has 0 N–H and O–H groups in total. The summed E-state index contributed by atoms with van der Waals surface area (Å²) < 4.78 is 5.09. The van der Waals surface area contributed by atoms with Crippen LogP contribution in [0.3, 0.4) is 0 Å². The molecule has 1 nitrogen and oxygen atoms in total. The smallest absolute Gasteiger partial charge is 0.118 e. The number of hydrogen-bond donors (Lipinski definition) is 0. The van der Waals surface area contributed by atoms with Crippen molar-refractivity contribution in [2.75, 3.05) is 13.4 Å². The minimum atomic E-state index is -0.227. The lowest BCUT2D eigenvalue weighted by Crippen LogP contribution is -2.25. The van der Waals surface area contributed by atoms with Crippen LogP contribution in [-0.4, -0.2) is 13.4 Å². The Morgan fingerprint density at radius 3 is 1.48 bits per heavy atom. The average molecular weight is 320 g/mol. The van der Waals surface area contributed by atoms with Crippen molar-refractivity contribution in [3.8, 4) is 5.75 Å². The normalized spacial score (nSPS) is 11.2. The molecule has 0 fully saturated rings. The molecule has 0 saturated carbocycles. The van der Waals surface area contributed by atoms with Crippen molar-refractivity contribution in [3.63, 3.8) is 0 Å². The lowest BCUT2D eigenvalue weighted by atomic mass is 9.84. The predicted molar refractivity (Wildman–Crippen MR) is 99.3 cm³/mol. The molecule has 0 aliphatic rings. The number of hydrogen-bond acceptors (Lipinski definition) is 2. The maximum atomic E-state index is 5.32. The second kappa shape index (κ2) is 6.93. The molecule has 0 heterocycles. The second-order valence-corrected chi connectivity index (χ2v) is 6.37. The van der Waals surface area contributed by atoms with Crippen molar-refractivity contribution >= 4 is 11.8 Å². The van der Waals surface area contributed by atoms with Crippen LogP contribution in [-0.2, 0) is 4.75 Å². The summed E-state index contributed by atoms with van der Waals surface area (Å²) in [4.78, 5) is 0. The summed E-state index contributed by atoms with van der Waals surface area (Å²) in [7, 11) is 1.70. The standard InChI is InChI=1S/C21H20OS/c1-22-20-15-13-19(14-16-20)21(23-2,17-9-5-3-6-10-17)18-11-7-4-8-12-18/h3-16H,1-2H3. The first-order valence-electron chi connectivity index (χ1n) is 7.62. The Bertz CT molecular complexity index is 696. The van der Waals surface area contributed by atoms with Gasteiger partial charge >= 0.3 is 0 Å². The third kappa shape index (κ3) is 2.87. The van der Waals surface area contributed by atoms with E-state index in [4.69, 9.17) is 4.74 Å². The first-order chi connectivity index (χ1) is 11.3. The fourth-order valence-corrected chi connectivity index (χ4v) is 4.14. The Balaban J connectivity index is 2.24. The van der Waals surface area contributed by atoms with Gasteiger partial charge in [0.2, 0.25) is 0 Å². The van der Waals surface area contributed by atoms with Gasteiger partial charge in [0.05, 0.1) is 11.9 Å². The number of methoxy groups -OCH3 is 1. The van der Waals surface area contributed by atoms with Gasteiger partial charge in [0.1, 0.15) is 5.75 Å². The van der Waals surface area contributed by atoms with E-state index in [2.05, 4.69) is 79.1 Å². The predicted octanol–water partition coefficient (Wildman–Crippen LogP) is 5.35. The van der Waals surface area contributed by atoms with E-state index in [0.717, 1.165) is 5.75 Å². The van der Waals surface area contributed by atoms with Gasteiger partial charge in [-0.2, -0.15) is 0 Å². The Morgan fingerprint density at radius 1 is 0.652 bits per heavy atom. The monoisotopic (exact) mass is 320 g/mol. The van der Waals surface area contributed by atoms with Crippen LogP contribution in [0.15, 0.2) is 84.9 Å². The van der Waals surface area contributed by atoms with E-state index in [1.54, 1.807) is 7.11 Å². The van der Waals surface area contributed by atoms with Crippen LogP contribution >= 0.6 is 11.8 Å². The zero-order valence-electron chi connectivity index (χ0n) is 13.4. The molecule has 0 amide bonds.